The average Bonchev–Trinajstić information content (AvgIpc) is 2.82. The van der Waals surface area contributed by atoms with E-state index in [0.29, 0.717) is 29.5 Å². The largest absolute Gasteiger partial charge is 0.507 e. The molecule has 1 aromatic rings. The minimum Gasteiger partial charge on any atom is -0.507 e. The molecule has 4 N–H and O–H groups in total. The van der Waals surface area contributed by atoms with Gasteiger partial charge in [-0.15, -0.1) is 0 Å². The number of carbonyl (C=O) groups is 5. The van der Waals surface area contributed by atoms with Gasteiger partial charge in [-0.2, -0.15) is 0 Å². The van der Waals surface area contributed by atoms with E-state index >= 15 is 0 Å². The molecule has 0 bridgehead atoms. The SMILES string of the molecule is COc1c(CNC2CCC2)cc(O)c2c1CC1CC3C(N(C)C)C(=O)C(C(N)=O)C(=O)C3(OC)C(=O)C1C2=O. The zero-order chi connectivity index (χ0) is 28.4. The van der Waals surface area contributed by atoms with E-state index in [9.17, 15) is 29.1 Å². The fraction of sp³-hybridized carbons (Fsp3) is 0.607. The summed E-state index contributed by atoms with van der Waals surface area (Å²) in [6.45, 7) is 0.450. The number of hydrogen-bond donors (Lipinski definition) is 3. The zero-order valence-electron chi connectivity index (χ0n) is 22.6. The highest BCUT2D eigenvalue weighted by Crippen LogP contribution is 2.53. The van der Waals surface area contributed by atoms with Gasteiger partial charge in [0.05, 0.1) is 24.6 Å². The Hall–Kier alpha value is -3.15. The van der Waals surface area contributed by atoms with Crippen LogP contribution in [0.4, 0.5) is 0 Å². The van der Waals surface area contributed by atoms with Crippen LogP contribution in [0, 0.1) is 23.7 Å². The number of methoxy groups -OCH3 is 2. The number of ether oxygens (including phenoxy) is 2. The Kier molecular flexibility index (Phi) is 6.89. The van der Waals surface area contributed by atoms with Crippen LogP contribution in [0.2, 0.25) is 0 Å². The van der Waals surface area contributed by atoms with E-state index in [4.69, 9.17) is 15.2 Å². The van der Waals surface area contributed by atoms with Crippen LogP contribution < -0.4 is 15.8 Å². The van der Waals surface area contributed by atoms with Gasteiger partial charge in [0, 0.05) is 36.7 Å². The summed E-state index contributed by atoms with van der Waals surface area (Å²) in [5.41, 5.74) is 4.47. The lowest BCUT2D eigenvalue weighted by Crippen LogP contribution is -2.74. The molecule has 3 saturated carbocycles. The number of nitrogens with zero attached hydrogens (tertiary/aromatic N) is 1. The first-order chi connectivity index (χ1) is 18.5. The normalized spacial score (nSPS) is 32.4. The number of phenols is 1. The summed E-state index contributed by atoms with van der Waals surface area (Å²) in [5, 5.41) is 14.4. The summed E-state index contributed by atoms with van der Waals surface area (Å²) < 4.78 is 11.4. The molecule has 4 aliphatic rings. The number of aromatic hydroxyl groups is 1. The Morgan fingerprint density at radius 2 is 1.87 bits per heavy atom. The molecule has 0 heterocycles. The third kappa shape index (κ3) is 3.85. The van der Waals surface area contributed by atoms with E-state index < -0.39 is 64.4 Å². The van der Waals surface area contributed by atoms with E-state index in [2.05, 4.69) is 5.32 Å². The summed E-state index contributed by atoms with van der Waals surface area (Å²) in [6, 6.07) is 0.875. The van der Waals surface area contributed by atoms with Gasteiger partial charge >= 0.3 is 0 Å². The van der Waals surface area contributed by atoms with Crippen LogP contribution in [0.25, 0.3) is 0 Å². The van der Waals surface area contributed by atoms with Crippen molar-refractivity contribution in [3.8, 4) is 11.5 Å². The van der Waals surface area contributed by atoms with Crippen LogP contribution in [-0.4, -0.2) is 85.0 Å². The van der Waals surface area contributed by atoms with Crippen molar-refractivity contribution in [2.45, 2.75) is 56.3 Å². The molecule has 0 aliphatic heterocycles. The summed E-state index contributed by atoms with van der Waals surface area (Å²) in [6.07, 6.45) is 3.68. The molecule has 0 spiro atoms. The number of ketones is 4. The van der Waals surface area contributed by atoms with Crippen molar-refractivity contribution in [2.24, 2.45) is 29.4 Å². The Labute approximate surface area is 226 Å². The van der Waals surface area contributed by atoms with Crippen molar-refractivity contribution >= 4 is 29.0 Å². The smallest absolute Gasteiger partial charge is 0.235 e. The molecule has 11 nitrogen and oxygen atoms in total. The van der Waals surface area contributed by atoms with Crippen molar-refractivity contribution in [2.75, 3.05) is 28.3 Å². The quantitative estimate of drug-likeness (QED) is 0.405. The molecule has 3 fully saturated rings. The lowest BCUT2D eigenvalue weighted by molar-refractivity contribution is -0.186. The summed E-state index contributed by atoms with van der Waals surface area (Å²) in [7, 11) is 5.92. The van der Waals surface area contributed by atoms with Gasteiger partial charge in [0.1, 0.15) is 11.5 Å². The van der Waals surface area contributed by atoms with Gasteiger partial charge in [0.25, 0.3) is 0 Å². The molecule has 5 rings (SSSR count). The molecule has 0 saturated heterocycles. The number of nitrogens with one attached hydrogen (secondary N) is 1. The number of amides is 1. The highest BCUT2D eigenvalue weighted by atomic mass is 16.5. The number of primary amides is 1. The van der Waals surface area contributed by atoms with Crippen molar-refractivity contribution < 1.29 is 38.6 Å². The van der Waals surface area contributed by atoms with Gasteiger partial charge in [-0.3, -0.25) is 28.9 Å². The van der Waals surface area contributed by atoms with Gasteiger partial charge < -0.3 is 25.6 Å². The summed E-state index contributed by atoms with van der Waals surface area (Å²) in [4.78, 5) is 68.9. The fourth-order valence-electron chi connectivity index (χ4n) is 7.30. The Bertz CT molecular complexity index is 1270. The first kappa shape index (κ1) is 27.4. The number of phenolic OH excluding ortho intramolecular Hbond substituents is 1. The third-order valence-electron chi connectivity index (χ3n) is 9.27. The molecule has 6 unspecified atom stereocenters. The second kappa shape index (κ2) is 9.79. The van der Waals surface area contributed by atoms with Crippen LogP contribution in [0.1, 0.15) is 47.2 Å². The zero-order valence-corrected chi connectivity index (χ0v) is 22.6. The molecular formula is C28H35N3O8. The lowest BCUT2D eigenvalue weighted by Gasteiger charge is -2.54. The predicted octanol–water partition coefficient (Wildman–Crippen LogP) is 0.172. The summed E-state index contributed by atoms with van der Waals surface area (Å²) in [5.74, 6) is -8.72. The average molecular weight is 542 g/mol. The first-order valence-electron chi connectivity index (χ1n) is 13.3. The van der Waals surface area contributed by atoms with Crippen LogP contribution >= 0.6 is 0 Å². The van der Waals surface area contributed by atoms with Crippen LogP contribution in [-0.2, 0) is 36.9 Å². The van der Waals surface area contributed by atoms with Crippen molar-refractivity contribution in [3.63, 3.8) is 0 Å². The number of benzene rings is 1. The van der Waals surface area contributed by atoms with Crippen LogP contribution in [0.3, 0.4) is 0 Å². The van der Waals surface area contributed by atoms with Gasteiger partial charge in [-0.25, -0.2) is 0 Å². The standard InChI is InChI=1S/C28H35N3O8/c1-31(2)21-16-9-12-8-15-19(17(32)10-13(24(15)38-3)11-30-14-6-5-7-14)22(33)18(12)25(35)28(16,39-4)26(36)20(23(21)34)27(29)37/h10,12,14,16,18,20-21,30,32H,5-9,11H2,1-4H3,(H2,29,37). The van der Waals surface area contributed by atoms with Gasteiger partial charge in [-0.1, -0.05) is 6.42 Å². The topological polar surface area (TPSA) is 165 Å². The first-order valence-corrected chi connectivity index (χ1v) is 13.3. The molecule has 1 amide bonds. The number of hydrogen-bond acceptors (Lipinski definition) is 10. The maximum atomic E-state index is 14.2. The number of Topliss-reactive ketones (excluding diaryl/α,β-unsaturated/α-hetero) is 4. The maximum absolute atomic E-state index is 14.2. The lowest BCUT2D eigenvalue weighted by atomic mass is 9.52. The highest BCUT2D eigenvalue weighted by Gasteiger charge is 2.70. The van der Waals surface area contributed by atoms with Crippen LogP contribution in [0.15, 0.2) is 6.07 Å². The monoisotopic (exact) mass is 541 g/mol. The number of rotatable bonds is 7. The molecule has 11 heteroatoms. The number of nitrogens with two attached hydrogens (primary N) is 1. The van der Waals surface area contributed by atoms with Gasteiger partial charge in [-0.05, 0) is 51.8 Å². The molecule has 210 valence electrons. The minimum absolute atomic E-state index is 0.00603. The van der Waals surface area contributed by atoms with Crippen LogP contribution in [0.5, 0.6) is 11.5 Å². The van der Waals surface area contributed by atoms with E-state index in [1.165, 1.54) is 26.7 Å². The molecule has 0 radical (unpaired) electrons. The Morgan fingerprint density at radius 3 is 2.41 bits per heavy atom. The molecular weight excluding hydrogens is 506 g/mol. The van der Waals surface area contributed by atoms with Crippen molar-refractivity contribution in [1.82, 2.24) is 10.2 Å². The molecule has 39 heavy (non-hydrogen) atoms. The number of likely N-dealkylation sites (N-methyl/N-ethyl adjacent to an activating group) is 1. The van der Waals surface area contributed by atoms with E-state index in [1.54, 1.807) is 19.0 Å². The number of carbonyl (C=O) groups excluding carboxylic acids is 5. The third-order valence-corrected chi connectivity index (χ3v) is 9.27. The maximum Gasteiger partial charge on any atom is 0.235 e. The second-order valence-corrected chi connectivity index (χ2v) is 11.4. The van der Waals surface area contributed by atoms with Crippen molar-refractivity contribution in [1.29, 1.82) is 0 Å². The number of fused-ring (bicyclic) bond motifs is 3. The Morgan fingerprint density at radius 1 is 1.18 bits per heavy atom. The van der Waals surface area contributed by atoms with Gasteiger partial charge in [0.2, 0.25) is 5.91 Å². The van der Waals surface area contributed by atoms with Crippen molar-refractivity contribution in [3.05, 3.63) is 22.8 Å². The van der Waals surface area contributed by atoms with Gasteiger partial charge in [0.15, 0.2) is 34.7 Å². The molecule has 1 aromatic carbocycles. The summed E-state index contributed by atoms with van der Waals surface area (Å²) >= 11 is 0. The minimum atomic E-state index is -2.19. The second-order valence-electron chi connectivity index (χ2n) is 11.4. The Balaban J connectivity index is 1.60. The van der Waals surface area contributed by atoms with E-state index in [-0.39, 0.29) is 24.2 Å². The highest BCUT2D eigenvalue weighted by molar-refractivity contribution is 6.32. The van der Waals surface area contributed by atoms with E-state index in [1.807, 2.05) is 0 Å². The molecule has 0 aromatic heterocycles. The molecule has 6 atom stereocenters. The predicted molar refractivity (Wildman–Crippen MR) is 137 cm³/mol. The molecule has 4 aliphatic carbocycles. The fourth-order valence-corrected chi connectivity index (χ4v) is 7.30. The van der Waals surface area contributed by atoms with E-state index in [0.717, 1.165) is 12.8 Å².